The van der Waals surface area contributed by atoms with E-state index in [4.69, 9.17) is 0 Å². The smallest absolute Gasteiger partial charge is 0.324 e. The first-order valence-electron chi connectivity index (χ1n) is 8.97. The van der Waals surface area contributed by atoms with Crippen LogP contribution in [0, 0.1) is 12.7 Å². The first-order chi connectivity index (χ1) is 12.3. The van der Waals surface area contributed by atoms with Gasteiger partial charge in [0, 0.05) is 5.69 Å². The molecule has 1 aromatic rings. The van der Waals surface area contributed by atoms with Gasteiger partial charge in [0.15, 0.2) is 0 Å². The van der Waals surface area contributed by atoms with Crippen molar-refractivity contribution in [2.45, 2.75) is 58.4 Å². The molecule has 2 rings (SSSR count). The lowest BCUT2D eigenvalue weighted by Crippen LogP contribution is -2.44. The molecule has 0 aromatic heterocycles. The van der Waals surface area contributed by atoms with Gasteiger partial charge in [0.05, 0.1) is 0 Å². The van der Waals surface area contributed by atoms with E-state index in [9.17, 15) is 18.8 Å². The minimum atomic E-state index is -0.972. The fourth-order valence-corrected chi connectivity index (χ4v) is 3.03. The number of benzene rings is 1. The first kappa shape index (κ1) is 19.9. The number of aryl methyl sites for hydroxylation is 1. The molecule has 1 aliphatic heterocycles. The summed E-state index contributed by atoms with van der Waals surface area (Å²) in [6.07, 6.45) is 4.53. The third-order valence-corrected chi connectivity index (χ3v) is 4.65. The quantitative estimate of drug-likeness (QED) is 0.549. The number of amides is 4. The van der Waals surface area contributed by atoms with Gasteiger partial charge in [0.2, 0.25) is 5.91 Å². The Labute approximate surface area is 153 Å². The highest BCUT2D eigenvalue weighted by molar-refractivity contribution is 6.09. The summed E-state index contributed by atoms with van der Waals surface area (Å²) in [7, 11) is 0. The van der Waals surface area contributed by atoms with Crippen molar-refractivity contribution in [1.29, 1.82) is 0 Å². The molecule has 0 spiro atoms. The third-order valence-electron chi connectivity index (χ3n) is 4.65. The van der Waals surface area contributed by atoms with E-state index in [0.717, 1.165) is 30.6 Å². The van der Waals surface area contributed by atoms with E-state index in [0.29, 0.717) is 17.7 Å². The van der Waals surface area contributed by atoms with Gasteiger partial charge in [0.1, 0.15) is 17.9 Å². The number of carbonyl (C=O) groups is 3. The van der Waals surface area contributed by atoms with Gasteiger partial charge in [-0.1, -0.05) is 38.7 Å². The number of nitrogens with zero attached hydrogens (tertiary/aromatic N) is 1. The van der Waals surface area contributed by atoms with E-state index in [1.165, 1.54) is 12.1 Å². The van der Waals surface area contributed by atoms with Gasteiger partial charge in [-0.2, -0.15) is 0 Å². The molecule has 1 atom stereocenters. The number of rotatable bonds is 8. The SMILES string of the molecule is CCCCCC[C@@]1(C)NC(=O)N(CC(=O)Nc2cc(F)ccc2C)C1=O. The highest BCUT2D eigenvalue weighted by Crippen LogP contribution is 2.24. The molecule has 0 saturated carbocycles. The summed E-state index contributed by atoms with van der Waals surface area (Å²) >= 11 is 0. The van der Waals surface area contributed by atoms with E-state index < -0.39 is 35.7 Å². The Morgan fingerprint density at radius 1 is 1.27 bits per heavy atom. The lowest BCUT2D eigenvalue weighted by Gasteiger charge is -2.21. The maximum atomic E-state index is 13.3. The molecule has 0 bridgehead atoms. The molecule has 1 saturated heterocycles. The average molecular weight is 363 g/mol. The van der Waals surface area contributed by atoms with Crippen LogP contribution in [0.5, 0.6) is 0 Å². The van der Waals surface area contributed by atoms with E-state index >= 15 is 0 Å². The van der Waals surface area contributed by atoms with Crippen molar-refractivity contribution < 1.29 is 18.8 Å². The monoisotopic (exact) mass is 363 g/mol. The summed E-state index contributed by atoms with van der Waals surface area (Å²) in [4.78, 5) is 37.9. The van der Waals surface area contributed by atoms with Gasteiger partial charge in [-0.15, -0.1) is 0 Å². The van der Waals surface area contributed by atoms with Gasteiger partial charge in [-0.25, -0.2) is 9.18 Å². The molecule has 1 heterocycles. The Balaban J connectivity index is 1.98. The molecule has 1 aliphatic rings. The Bertz CT molecular complexity index is 707. The van der Waals surface area contributed by atoms with E-state index in [2.05, 4.69) is 17.6 Å². The van der Waals surface area contributed by atoms with Crippen molar-refractivity contribution >= 4 is 23.5 Å². The van der Waals surface area contributed by atoms with Crippen molar-refractivity contribution in [1.82, 2.24) is 10.2 Å². The topological polar surface area (TPSA) is 78.5 Å². The fourth-order valence-electron chi connectivity index (χ4n) is 3.03. The Kier molecular flexibility index (Phi) is 6.34. The zero-order valence-corrected chi connectivity index (χ0v) is 15.5. The highest BCUT2D eigenvalue weighted by atomic mass is 19.1. The predicted octanol–water partition coefficient (Wildman–Crippen LogP) is 3.35. The summed E-state index contributed by atoms with van der Waals surface area (Å²) in [5, 5.41) is 5.25. The number of unbranched alkanes of at least 4 members (excludes halogenated alkanes) is 3. The number of carbonyl (C=O) groups excluding carboxylic acids is 3. The summed E-state index contributed by atoms with van der Waals surface area (Å²) in [5.74, 6) is -1.41. The second-order valence-corrected chi connectivity index (χ2v) is 6.97. The van der Waals surface area contributed by atoms with E-state index in [1.807, 2.05) is 0 Å². The van der Waals surface area contributed by atoms with E-state index in [-0.39, 0.29) is 0 Å². The molecular formula is C19H26FN3O3. The van der Waals surface area contributed by atoms with Crippen LogP contribution in [-0.2, 0) is 9.59 Å². The van der Waals surface area contributed by atoms with Crippen LogP contribution in [0.3, 0.4) is 0 Å². The first-order valence-corrected chi connectivity index (χ1v) is 8.97. The molecule has 6 nitrogen and oxygen atoms in total. The standard InChI is InChI=1S/C19H26FN3O3/c1-4-5-6-7-10-19(3)17(25)23(18(26)22-19)12-16(24)21-15-11-14(20)9-8-13(15)2/h8-9,11H,4-7,10,12H2,1-3H3,(H,21,24)(H,22,26)/t19-/m1/s1. The van der Waals surface area contributed by atoms with Gasteiger partial charge in [0.25, 0.3) is 5.91 Å². The molecule has 1 fully saturated rings. The number of hydrogen-bond acceptors (Lipinski definition) is 3. The van der Waals surface area contributed by atoms with Gasteiger partial charge < -0.3 is 10.6 Å². The predicted molar refractivity (Wildman–Crippen MR) is 97.2 cm³/mol. The van der Waals surface area contributed by atoms with Crippen LogP contribution in [0.2, 0.25) is 0 Å². The maximum Gasteiger partial charge on any atom is 0.325 e. The second-order valence-electron chi connectivity index (χ2n) is 6.97. The van der Waals surface area contributed by atoms with Gasteiger partial charge >= 0.3 is 6.03 Å². The van der Waals surface area contributed by atoms with E-state index in [1.54, 1.807) is 19.9 Å². The van der Waals surface area contributed by atoms with Crippen LogP contribution >= 0.6 is 0 Å². The summed E-state index contributed by atoms with van der Waals surface area (Å²) in [6, 6.07) is 3.48. The fraction of sp³-hybridized carbons (Fsp3) is 0.526. The normalized spacial score (nSPS) is 19.6. The van der Waals surface area contributed by atoms with Crippen LogP contribution in [-0.4, -0.2) is 34.8 Å². The molecule has 0 aliphatic carbocycles. The second kappa shape index (κ2) is 8.29. The molecule has 0 unspecified atom stereocenters. The Hall–Kier alpha value is -2.44. The van der Waals surface area contributed by atoms with Crippen LogP contribution < -0.4 is 10.6 Å². The van der Waals surface area contributed by atoms with Crippen molar-refractivity contribution in [2.24, 2.45) is 0 Å². The number of anilines is 1. The number of hydrogen-bond donors (Lipinski definition) is 2. The van der Waals surface area contributed by atoms with Crippen LogP contribution in [0.15, 0.2) is 18.2 Å². The number of halogens is 1. The van der Waals surface area contributed by atoms with Crippen LogP contribution in [0.1, 0.15) is 51.5 Å². The maximum absolute atomic E-state index is 13.3. The largest absolute Gasteiger partial charge is 0.325 e. The Morgan fingerprint density at radius 3 is 2.69 bits per heavy atom. The van der Waals surface area contributed by atoms with Gasteiger partial charge in [-0.05, 0) is 38.0 Å². The molecule has 1 aromatic carbocycles. The van der Waals surface area contributed by atoms with Crippen molar-refractivity contribution in [3.05, 3.63) is 29.6 Å². The zero-order valence-electron chi connectivity index (χ0n) is 15.5. The molecule has 0 radical (unpaired) electrons. The minimum Gasteiger partial charge on any atom is -0.324 e. The molecular weight excluding hydrogens is 337 g/mol. The lowest BCUT2D eigenvalue weighted by atomic mass is 9.94. The Morgan fingerprint density at radius 2 is 2.00 bits per heavy atom. The minimum absolute atomic E-state index is 0.324. The average Bonchev–Trinajstić information content (AvgIpc) is 2.79. The summed E-state index contributed by atoms with van der Waals surface area (Å²) in [6.45, 7) is 5.12. The summed E-state index contributed by atoms with van der Waals surface area (Å²) in [5.41, 5.74) is 0.0435. The zero-order chi connectivity index (χ0) is 19.3. The molecule has 2 N–H and O–H groups in total. The third kappa shape index (κ3) is 4.59. The van der Waals surface area contributed by atoms with Crippen molar-refractivity contribution in [3.63, 3.8) is 0 Å². The lowest BCUT2D eigenvalue weighted by molar-refractivity contribution is -0.133. The van der Waals surface area contributed by atoms with Crippen molar-refractivity contribution in [3.8, 4) is 0 Å². The highest BCUT2D eigenvalue weighted by Gasteiger charge is 2.47. The summed E-state index contributed by atoms with van der Waals surface area (Å²) < 4.78 is 13.3. The van der Waals surface area contributed by atoms with Crippen LogP contribution in [0.25, 0.3) is 0 Å². The molecule has 26 heavy (non-hydrogen) atoms. The molecule has 142 valence electrons. The molecule has 7 heteroatoms. The number of urea groups is 1. The molecule has 4 amide bonds. The van der Waals surface area contributed by atoms with Gasteiger partial charge in [-0.3, -0.25) is 14.5 Å². The number of imide groups is 1. The number of nitrogens with one attached hydrogen (secondary N) is 2. The van der Waals surface area contributed by atoms with Crippen molar-refractivity contribution in [2.75, 3.05) is 11.9 Å². The van der Waals surface area contributed by atoms with Crippen LogP contribution in [0.4, 0.5) is 14.9 Å².